The maximum Gasteiger partial charge on any atom is 0.0579 e. The third-order valence-electron chi connectivity index (χ3n) is 2.43. The van der Waals surface area contributed by atoms with Gasteiger partial charge in [-0.05, 0) is 42.9 Å². The number of hydrogen-bond donors (Lipinski definition) is 0. The van der Waals surface area contributed by atoms with Crippen molar-refractivity contribution in [3.05, 3.63) is 62.8 Å². The van der Waals surface area contributed by atoms with Gasteiger partial charge in [0.2, 0.25) is 0 Å². The maximum absolute atomic E-state index is 3.91. The molecule has 20 heavy (non-hydrogen) atoms. The lowest BCUT2D eigenvalue weighted by Gasteiger charge is -2.01. The minimum atomic E-state index is 0.971. The van der Waals surface area contributed by atoms with Crippen molar-refractivity contribution >= 4 is 33.3 Å². The second-order valence-electron chi connectivity index (χ2n) is 4.24. The first-order chi connectivity index (χ1) is 9.56. The van der Waals surface area contributed by atoms with Crippen LogP contribution < -0.4 is 0 Å². The summed E-state index contributed by atoms with van der Waals surface area (Å²) >= 11 is 5.07. The highest BCUT2D eigenvalue weighted by Gasteiger charge is 1.98. The van der Waals surface area contributed by atoms with E-state index in [4.69, 9.17) is 0 Å². The van der Waals surface area contributed by atoms with Gasteiger partial charge in [-0.1, -0.05) is 77.3 Å². The molecule has 0 nitrogen and oxygen atoms in total. The van der Waals surface area contributed by atoms with Crippen LogP contribution in [0.2, 0.25) is 0 Å². The van der Waals surface area contributed by atoms with E-state index in [1.54, 1.807) is 11.8 Å². The summed E-state index contributed by atoms with van der Waals surface area (Å²) in [5.41, 5.74) is 2.22. The highest BCUT2D eigenvalue weighted by Crippen LogP contribution is 2.23. The van der Waals surface area contributed by atoms with Gasteiger partial charge in [-0.2, -0.15) is 0 Å². The first-order valence-electron chi connectivity index (χ1n) is 6.54. The molecule has 0 bridgehead atoms. The molecule has 0 aliphatic heterocycles. The molecule has 2 heteroatoms. The first-order valence-corrected chi connectivity index (χ1v) is 8.15. The standard InChI is InChI=1S/C18H19BrS/c1-5-7-15(16-8-11-17(19)12-9-16)10-13-18(6-2)20-14(3)4/h6-9,11-12H,3,5H2,1-2,4H3/b15-7+,18-6-. The predicted octanol–water partition coefficient (Wildman–Crippen LogP) is 6.42. The van der Waals surface area contributed by atoms with Gasteiger partial charge >= 0.3 is 0 Å². The number of halogens is 1. The highest BCUT2D eigenvalue weighted by molar-refractivity contribution is 9.10. The van der Waals surface area contributed by atoms with Crippen LogP contribution in [0.1, 0.15) is 32.8 Å². The average Bonchev–Trinajstić information content (AvgIpc) is 2.42. The van der Waals surface area contributed by atoms with Crippen LogP contribution in [0, 0.1) is 11.8 Å². The lowest BCUT2D eigenvalue weighted by molar-refractivity contribution is 1.23. The summed E-state index contributed by atoms with van der Waals surface area (Å²) in [6.45, 7) is 10.0. The molecule has 0 spiro atoms. The molecule has 0 saturated heterocycles. The molecule has 1 aromatic carbocycles. The van der Waals surface area contributed by atoms with Gasteiger partial charge < -0.3 is 0 Å². The lowest BCUT2D eigenvalue weighted by atomic mass is 10.1. The first kappa shape index (κ1) is 16.9. The molecule has 0 fully saturated rings. The largest absolute Gasteiger partial charge is 0.0894 e. The Morgan fingerprint density at radius 3 is 2.45 bits per heavy atom. The second kappa shape index (κ2) is 8.89. The Hall–Kier alpha value is -1.17. The number of thioether (sulfide) groups is 1. The zero-order valence-electron chi connectivity index (χ0n) is 12.2. The Balaban J connectivity index is 3.03. The molecule has 0 saturated carbocycles. The van der Waals surface area contributed by atoms with Crippen molar-refractivity contribution in [1.29, 1.82) is 0 Å². The fraction of sp³-hybridized carbons (Fsp3) is 0.222. The second-order valence-corrected chi connectivity index (χ2v) is 6.50. The third kappa shape index (κ3) is 5.86. The molecule has 104 valence electrons. The summed E-state index contributed by atoms with van der Waals surface area (Å²) in [5.74, 6) is 6.51. The van der Waals surface area contributed by atoms with Gasteiger partial charge in [-0.15, -0.1) is 0 Å². The summed E-state index contributed by atoms with van der Waals surface area (Å²) in [6.07, 6.45) is 5.16. The van der Waals surface area contributed by atoms with E-state index in [0.29, 0.717) is 0 Å². The molecule has 0 aliphatic carbocycles. The van der Waals surface area contributed by atoms with Crippen LogP contribution in [0.5, 0.6) is 0 Å². The van der Waals surface area contributed by atoms with E-state index >= 15 is 0 Å². The van der Waals surface area contributed by atoms with Crippen LogP contribution in [0.4, 0.5) is 0 Å². The van der Waals surface area contributed by atoms with Gasteiger partial charge in [-0.3, -0.25) is 0 Å². The Kier molecular flexibility index (Phi) is 7.51. The van der Waals surface area contributed by atoms with Crippen molar-refractivity contribution in [3.8, 4) is 11.8 Å². The van der Waals surface area contributed by atoms with Crippen LogP contribution in [0.3, 0.4) is 0 Å². The van der Waals surface area contributed by atoms with Gasteiger partial charge in [0.05, 0.1) is 4.91 Å². The van der Waals surface area contributed by atoms with E-state index in [2.05, 4.69) is 59.5 Å². The van der Waals surface area contributed by atoms with E-state index in [-0.39, 0.29) is 0 Å². The Morgan fingerprint density at radius 2 is 1.95 bits per heavy atom. The molecule has 1 aromatic rings. The molecule has 0 heterocycles. The Bertz CT molecular complexity index is 580. The number of allylic oxidation sites excluding steroid dienone is 5. The van der Waals surface area contributed by atoms with Crippen LogP contribution in [-0.4, -0.2) is 0 Å². The summed E-state index contributed by atoms with van der Waals surface area (Å²) in [7, 11) is 0. The van der Waals surface area contributed by atoms with E-state index in [1.807, 2.05) is 32.1 Å². The minimum absolute atomic E-state index is 0.971. The molecule has 0 atom stereocenters. The number of hydrogen-bond acceptors (Lipinski definition) is 1. The smallest absolute Gasteiger partial charge is 0.0579 e. The quantitative estimate of drug-likeness (QED) is 0.567. The molecular formula is C18H19BrS. The summed E-state index contributed by atoms with van der Waals surface area (Å²) in [5, 5.41) is 0. The van der Waals surface area contributed by atoms with Gasteiger partial charge in [0.15, 0.2) is 0 Å². The van der Waals surface area contributed by atoms with Crippen molar-refractivity contribution in [2.45, 2.75) is 27.2 Å². The Labute approximate surface area is 135 Å². The average molecular weight is 347 g/mol. The van der Waals surface area contributed by atoms with Gasteiger partial charge in [0.1, 0.15) is 0 Å². The van der Waals surface area contributed by atoms with E-state index < -0.39 is 0 Å². The molecule has 1 rings (SSSR count). The summed E-state index contributed by atoms with van der Waals surface area (Å²) in [4.78, 5) is 2.09. The number of rotatable bonds is 4. The fourth-order valence-corrected chi connectivity index (χ4v) is 2.41. The minimum Gasteiger partial charge on any atom is -0.0894 e. The molecular weight excluding hydrogens is 328 g/mol. The molecule has 0 N–H and O–H groups in total. The van der Waals surface area contributed by atoms with Crippen LogP contribution >= 0.6 is 27.7 Å². The van der Waals surface area contributed by atoms with E-state index in [9.17, 15) is 0 Å². The van der Waals surface area contributed by atoms with Gasteiger partial charge in [0, 0.05) is 10.0 Å². The normalized spacial score (nSPS) is 11.8. The molecule has 0 amide bonds. The van der Waals surface area contributed by atoms with E-state index in [0.717, 1.165) is 31.8 Å². The van der Waals surface area contributed by atoms with Crippen molar-refractivity contribution in [2.75, 3.05) is 0 Å². The molecule has 0 aromatic heterocycles. The summed E-state index contributed by atoms with van der Waals surface area (Å²) < 4.78 is 1.08. The van der Waals surface area contributed by atoms with Gasteiger partial charge in [-0.25, -0.2) is 0 Å². The predicted molar refractivity (Wildman–Crippen MR) is 96.3 cm³/mol. The van der Waals surface area contributed by atoms with Crippen molar-refractivity contribution in [2.24, 2.45) is 0 Å². The molecule has 0 aliphatic rings. The zero-order chi connectivity index (χ0) is 15.0. The van der Waals surface area contributed by atoms with Crippen LogP contribution in [0.15, 0.2) is 57.3 Å². The molecule has 0 radical (unpaired) electrons. The third-order valence-corrected chi connectivity index (χ3v) is 3.87. The highest BCUT2D eigenvalue weighted by atomic mass is 79.9. The van der Waals surface area contributed by atoms with Crippen LogP contribution in [0.25, 0.3) is 5.57 Å². The maximum atomic E-state index is 3.91. The fourth-order valence-electron chi connectivity index (χ4n) is 1.55. The Morgan fingerprint density at radius 1 is 1.30 bits per heavy atom. The van der Waals surface area contributed by atoms with Crippen molar-refractivity contribution in [1.82, 2.24) is 0 Å². The van der Waals surface area contributed by atoms with Crippen LogP contribution in [-0.2, 0) is 0 Å². The summed E-state index contributed by atoms with van der Waals surface area (Å²) in [6, 6.07) is 8.25. The molecule has 0 unspecified atom stereocenters. The zero-order valence-corrected chi connectivity index (χ0v) is 14.6. The van der Waals surface area contributed by atoms with E-state index in [1.165, 1.54) is 0 Å². The topological polar surface area (TPSA) is 0 Å². The monoisotopic (exact) mass is 346 g/mol. The van der Waals surface area contributed by atoms with Gasteiger partial charge in [0.25, 0.3) is 0 Å². The lowest BCUT2D eigenvalue weighted by Crippen LogP contribution is -1.82. The van der Waals surface area contributed by atoms with Crippen molar-refractivity contribution in [3.63, 3.8) is 0 Å². The van der Waals surface area contributed by atoms with Crippen molar-refractivity contribution < 1.29 is 0 Å². The number of benzene rings is 1. The SMILES string of the molecule is C=C(C)S/C(C#C/C(=C\CC)c1ccc(Br)cc1)=C\C.